The fourth-order valence-electron chi connectivity index (χ4n) is 2.47. The average Bonchev–Trinajstić information content (AvgIpc) is 2.71. The van der Waals surface area contributed by atoms with Gasteiger partial charge in [0.1, 0.15) is 0 Å². The molecule has 17 heavy (non-hydrogen) atoms. The standard InChI is InChI=1S/C13H19ClN2O/c1-9(8-14)13(17)16-7-6-15-10(2)4-5-12(15)11(16)3/h4-5,9,11H,6-8H2,1-3H3. The average molecular weight is 255 g/mol. The highest BCUT2D eigenvalue weighted by Crippen LogP contribution is 2.28. The molecule has 0 radical (unpaired) electrons. The van der Waals surface area contributed by atoms with Gasteiger partial charge in [0.05, 0.1) is 6.04 Å². The molecule has 1 amide bonds. The number of nitrogens with zero attached hydrogens (tertiary/aromatic N) is 2. The minimum atomic E-state index is -0.0956. The van der Waals surface area contributed by atoms with Crippen molar-refractivity contribution in [1.82, 2.24) is 9.47 Å². The van der Waals surface area contributed by atoms with E-state index in [0.717, 1.165) is 13.1 Å². The lowest BCUT2D eigenvalue weighted by Gasteiger charge is -2.36. The van der Waals surface area contributed by atoms with Crippen molar-refractivity contribution in [2.24, 2.45) is 5.92 Å². The summed E-state index contributed by atoms with van der Waals surface area (Å²) in [7, 11) is 0. The maximum absolute atomic E-state index is 12.2. The number of aromatic nitrogens is 1. The lowest BCUT2D eigenvalue weighted by atomic mass is 10.1. The second-order valence-corrected chi connectivity index (χ2v) is 5.12. The second kappa shape index (κ2) is 4.73. The Morgan fingerprint density at radius 2 is 2.24 bits per heavy atom. The van der Waals surface area contributed by atoms with Crippen LogP contribution >= 0.6 is 11.6 Å². The number of fused-ring (bicyclic) bond motifs is 1. The van der Waals surface area contributed by atoms with Gasteiger partial charge in [0.15, 0.2) is 0 Å². The van der Waals surface area contributed by atoms with E-state index in [1.165, 1.54) is 11.4 Å². The Morgan fingerprint density at radius 1 is 1.53 bits per heavy atom. The highest BCUT2D eigenvalue weighted by atomic mass is 35.5. The van der Waals surface area contributed by atoms with Crippen molar-refractivity contribution < 1.29 is 4.79 Å². The van der Waals surface area contributed by atoms with Crippen molar-refractivity contribution in [3.63, 3.8) is 0 Å². The van der Waals surface area contributed by atoms with E-state index in [0.29, 0.717) is 5.88 Å². The summed E-state index contributed by atoms with van der Waals surface area (Å²) in [6.07, 6.45) is 0. The van der Waals surface area contributed by atoms with Crippen molar-refractivity contribution in [3.8, 4) is 0 Å². The van der Waals surface area contributed by atoms with Crippen LogP contribution < -0.4 is 0 Å². The summed E-state index contributed by atoms with van der Waals surface area (Å²) in [5.41, 5.74) is 2.49. The number of hydrogen-bond acceptors (Lipinski definition) is 1. The fourth-order valence-corrected chi connectivity index (χ4v) is 2.60. The maximum Gasteiger partial charge on any atom is 0.227 e. The maximum atomic E-state index is 12.2. The minimum Gasteiger partial charge on any atom is -0.345 e. The Bertz CT molecular complexity index is 427. The second-order valence-electron chi connectivity index (χ2n) is 4.81. The molecule has 0 bridgehead atoms. The minimum absolute atomic E-state index is 0.0956. The van der Waals surface area contributed by atoms with Gasteiger partial charge in [-0.15, -0.1) is 11.6 Å². The van der Waals surface area contributed by atoms with Gasteiger partial charge < -0.3 is 9.47 Å². The number of halogens is 1. The third kappa shape index (κ3) is 2.08. The molecule has 0 N–H and O–H groups in total. The quantitative estimate of drug-likeness (QED) is 0.745. The predicted octanol–water partition coefficient (Wildman–Crippen LogP) is 2.57. The van der Waals surface area contributed by atoms with E-state index in [2.05, 4.69) is 30.5 Å². The summed E-state index contributed by atoms with van der Waals surface area (Å²) in [6.45, 7) is 7.75. The first-order valence-corrected chi connectivity index (χ1v) is 6.62. The van der Waals surface area contributed by atoms with Crippen LogP contribution in [0.5, 0.6) is 0 Å². The van der Waals surface area contributed by atoms with Gasteiger partial charge in [0, 0.05) is 36.3 Å². The van der Waals surface area contributed by atoms with Crippen molar-refractivity contribution in [1.29, 1.82) is 0 Å². The molecule has 0 spiro atoms. The van der Waals surface area contributed by atoms with Crippen molar-refractivity contribution in [3.05, 3.63) is 23.5 Å². The monoisotopic (exact) mass is 254 g/mol. The van der Waals surface area contributed by atoms with Gasteiger partial charge in [0.2, 0.25) is 5.91 Å². The third-order valence-electron chi connectivity index (χ3n) is 3.63. The van der Waals surface area contributed by atoms with E-state index in [-0.39, 0.29) is 17.9 Å². The van der Waals surface area contributed by atoms with Crippen molar-refractivity contribution in [2.45, 2.75) is 33.4 Å². The molecule has 2 atom stereocenters. The molecule has 0 fully saturated rings. The first-order valence-electron chi connectivity index (χ1n) is 6.08. The summed E-state index contributed by atoms with van der Waals surface area (Å²) >= 11 is 5.77. The Labute approximate surface area is 107 Å². The van der Waals surface area contributed by atoms with Gasteiger partial charge in [0.25, 0.3) is 0 Å². The molecule has 0 aromatic carbocycles. The van der Waals surface area contributed by atoms with Crippen LogP contribution in [0.2, 0.25) is 0 Å². The van der Waals surface area contributed by atoms with Crippen LogP contribution in [0, 0.1) is 12.8 Å². The molecule has 94 valence electrons. The molecule has 3 nitrogen and oxygen atoms in total. The lowest BCUT2D eigenvalue weighted by molar-refractivity contribution is -0.137. The molecule has 1 aliphatic heterocycles. The number of rotatable bonds is 2. The number of amides is 1. The van der Waals surface area contributed by atoms with Crippen LogP contribution in [0.1, 0.15) is 31.3 Å². The molecule has 1 aromatic heterocycles. The molecule has 0 saturated heterocycles. The lowest BCUT2D eigenvalue weighted by Crippen LogP contribution is -2.43. The zero-order valence-electron chi connectivity index (χ0n) is 10.6. The normalized spacial score (nSPS) is 21.2. The summed E-state index contributed by atoms with van der Waals surface area (Å²) < 4.78 is 2.29. The van der Waals surface area contributed by atoms with E-state index in [1.54, 1.807) is 0 Å². The van der Waals surface area contributed by atoms with E-state index >= 15 is 0 Å². The number of carbonyl (C=O) groups is 1. The van der Waals surface area contributed by atoms with Crippen molar-refractivity contribution in [2.75, 3.05) is 12.4 Å². The summed E-state index contributed by atoms with van der Waals surface area (Å²) in [4.78, 5) is 14.1. The first kappa shape index (κ1) is 12.5. The molecule has 1 aromatic rings. The zero-order chi connectivity index (χ0) is 12.6. The highest BCUT2D eigenvalue weighted by molar-refractivity contribution is 6.19. The van der Waals surface area contributed by atoms with Gasteiger partial charge in [-0.3, -0.25) is 4.79 Å². The molecule has 1 aliphatic rings. The third-order valence-corrected chi connectivity index (χ3v) is 4.09. The SMILES string of the molecule is Cc1ccc2n1CCN(C(=O)C(C)CCl)C2C. The van der Waals surface area contributed by atoms with E-state index in [1.807, 2.05) is 11.8 Å². The smallest absolute Gasteiger partial charge is 0.227 e. The van der Waals surface area contributed by atoms with Crippen LogP contribution in [0.3, 0.4) is 0 Å². The van der Waals surface area contributed by atoms with Gasteiger partial charge in [-0.25, -0.2) is 0 Å². The molecule has 4 heteroatoms. The topological polar surface area (TPSA) is 25.2 Å². The van der Waals surface area contributed by atoms with Gasteiger partial charge in [-0.2, -0.15) is 0 Å². The number of alkyl halides is 1. The van der Waals surface area contributed by atoms with Gasteiger partial charge in [-0.1, -0.05) is 6.92 Å². The van der Waals surface area contributed by atoms with Gasteiger partial charge in [-0.05, 0) is 26.0 Å². The van der Waals surface area contributed by atoms with Crippen molar-refractivity contribution >= 4 is 17.5 Å². The summed E-state index contributed by atoms with van der Waals surface area (Å²) in [5, 5.41) is 0. The largest absolute Gasteiger partial charge is 0.345 e. The van der Waals surface area contributed by atoms with E-state index in [9.17, 15) is 4.79 Å². The Kier molecular flexibility index (Phi) is 3.48. The molecular formula is C13H19ClN2O. The fraction of sp³-hybridized carbons (Fsp3) is 0.615. The number of hydrogen-bond donors (Lipinski definition) is 0. The van der Waals surface area contributed by atoms with E-state index in [4.69, 9.17) is 11.6 Å². The molecular weight excluding hydrogens is 236 g/mol. The highest BCUT2D eigenvalue weighted by Gasteiger charge is 2.30. The predicted molar refractivity (Wildman–Crippen MR) is 69.2 cm³/mol. The Balaban J connectivity index is 2.23. The van der Waals surface area contributed by atoms with Crippen LogP contribution in [0.25, 0.3) is 0 Å². The Hall–Kier alpha value is -0.960. The Morgan fingerprint density at radius 3 is 2.88 bits per heavy atom. The summed E-state index contributed by atoms with van der Waals surface area (Å²) in [6, 6.07) is 4.38. The summed E-state index contributed by atoms with van der Waals surface area (Å²) in [5.74, 6) is 0.460. The molecule has 2 unspecified atom stereocenters. The molecule has 2 heterocycles. The van der Waals surface area contributed by atoms with Crippen LogP contribution in [-0.2, 0) is 11.3 Å². The van der Waals surface area contributed by atoms with E-state index < -0.39 is 0 Å². The number of aryl methyl sites for hydroxylation is 1. The number of carbonyl (C=O) groups excluding carboxylic acids is 1. The van der Waals surface area contributed by atoms with Crippen LogP contribution in [0.15, 0.2) is 12.1 Å². The van der Waals surface area contributed by atoms with Crippen LogP contribution in [0.4, 0.5) is 0 Å². The van der Waals surface area contributed by atoms with Crippen LogP contribution in [-0.4, -0.2) is 27.8 Å². The zero-order valence-corrected chi connectivity index (χ0v) is 11.4. The molecule has 2 rings (SSSR count). The molecule has 0 aliphatic carbocycles. The first-order chi connectivity index (χ1) is 8.06. The van der Waals surface area contributed by atoms with Gasteiger partial charge >= 0.3 is 0 Å². The molecule has 0 saturated carbocycles.